The highest BCUT2D eigenvalue weighted by Crippen LogP contribution is 2.15. The van der Waals surface area contributed by atoms with Crippen molar-refractivity contribution in [1.82, 2.24) is 10.2 Å². The summed E-state index contributed by atoms with van der Waals surface area (Å²) in [5.41, 5.74) is 1.37. The molecule has 1 aliphatic rings. The van der Waals surface area contributed by atoms with Crippen molar-refractivity contribution in [3.8, 4) is 0 Å². The average molecular weight is 240 g/mol. The van der Waals surface area contributed by atoms with Gasteiger partial charge in [-0.1, -0.05) is 0 Å². The molecule has 3 nitrogen and oxygen atoms in total. The molecular formula is C12H20N2OS. The summed E-state index contributed by atoms with van der Waals surface area (Å²) in [5.74, 6) is 0. The number of hydrogen-bond acceptors (Lipinski definition) is 4. The van der Waals surface area contributed by atoms with Crippen LogP contribution in [-0.4, -0.2) is 44.3 Å². The molecule has 2 heterocycles. The lowest BCUT2D eigenvalue weighted by Gasteiger charge is -2.30. The molecule has 2 unspecified atom stereocenters. The molecule has 90 valence electrons. The van der Waals surface area contributed by atoms with Crippen molar-refractivity contribution in [3.05, 3.63) is 22.4 Å². The van der Waals surface area contributed by atoms with E-state index in [1.807, 2.05) is 0 Å². The van der Waals surface area contributed by atoms with Gasteiger partial charge in [-0.3, -0.25) is 0 Å². The first-order valence-electron chi connectivity index (χ1n) is 5.81. The lowest BCUT2D eigenvalue weighted by Crippen LogP contribution is -2.45. The van der Waals surface area contributed by atoms with Crippen molar-refractivity contribution in [2.45, 2.75) is 19.1 Å². The fraction of sp³-hybridized carbons (Fsp3) is 0.667. The van der Waals surface area contributed by atoms with Crippen LogP contribution in [-0.2, 0) is 4.74 Å². The van der Waals surface area contributed by atoms with Crippen molar-refractivity contribution in [2.75, 3.05) is 33.3 Å². The summed E-state index contributed by atoms with van der Waals surface area (Å²) in [7, 11) is 2.15. The smallest absolute Gasteiger partial charge is 0.0826 e. The molecule has 0 saturated carbocycles. The molecule has 1 saturated heterocycles. The Hall–Kier alpha value is -0.420. The Bertz CT molecular complexity index is 302. The Balaban J connectivity index is 1.74. The summed E-state index contributed by atoms with van der Waals surface area (Å²) >= 11 is 1.75. The maximum absolute atomic E-state index is 5.71. The SMILES string of the molecule is CC(NCC1CN(C)CCO1)c1ccsc1. The number of morpholine rings is 1. The lowest BCUT2D eigenvalue weighted by molar-refractivity contribution is -0.0190. The van der Waals surface area contributed by atoms with Crippen LogP contribution in [0, 0.1) is 0 Å². The van der Waals surface area contributed by atoms with Crippen LogP contribution in [0.2, 0.25) is 0 Å². The predicted octanol–water partition coefficient (Wildman–Crippen LogP) is 1.73. The van der Waals surface area contributed by atoms with Crippen molar-refractivity contribution in [3.63, 3.8) is 0 Å². The van der Waals surface area contributed by atoms with E-state index in [4.69, 9.17) is 4.74 Å². The van der Waals surface area contributed by atoms with Crippen LogP contribution >= 0.6 is 11.3 Å². The highest BCUT2D eigenvalue weighted by atomic mass is 32.1. The standard InChI is InChI=1S/C12H20N2OS/c1-10(11-3-6-16-9-11)13-7-12-8-14(2)4-5-15-12/h3,6,9-10,12-13H,4-5,7-8H2,1-2H3. The van der Waals surface area contributed by atoms with E-state index in [-0.39, 0.29) is 0 Å². The number of rotatable bonds is 4. The van der Waals surface area contributed by atoms with Crippen LogP contribution in [0.1, 0.15) is 18.5 Å². The highest BCUT2D eigenvalue weighted by Gasteiger charge is 2.18. The van der Waals surface area contributed by atoms with E-state index in [0.717, 1.165) is 26.2 Å². The van der Waals surface area contributed by atoms with Crippen molar-refractivity contribution >= 4 is 11.3 Å². The molecule has 2 atom stereocenters. The third-order valence-corrected chi connectivity index (χ3v) is 3.74. The number of nitrogens with one attached hydrogen (secondary N) is 1. The minimum absolute atomic E-state index is 0.333. The van der Waals surface area contributed by atoms with Crippen LogP contribution in [0.5, 0.6) is 0 Å². The molecule has 16 heavy (non-hydrogen) atoms. The van der Waals surface area contributed by atoms with Gasteiger partial charge in [0.25, 0.3) is 0 Å². The molecule has 1 fully saturated rings. The summed E-state index contributed by atoms with van der Waals surface area (Å²) in [5, 5.41) is 7.85. The predicted molar refractivity (Wildman–Crippen MR) is 68.0 cm³/mol. The molecule has 1 N–H and O–H groups in total. The lowest BCUT2D eigenvalue weighted by atomic mass is 10.1. The molecular weight excluding hydrogens is 220 g/mol. The second-order valence-corrected chi connectivity index (χ2v) is 5.22. The zero-order chi connectivity index (χ0) is 11.4. The van der Waals surface area contributed by atoms with Gasteiger partial charge >= 0.3 is 0 Å². The molecule has 1 aliphatic heterocycles. The first kappa shape index (κ1) is 12.0. The van der Waals surface area contributed by atoms with E-state index in [1.165, 1.54) is 5.56 Å². The Kier molecular flexibility index (Phi) is 4.35. The monoisotopic (exact) mass is 240 g/mol. The summed E-state index contributed by atoms with van der Waals surface area (Å²) in [6.07, 6.45) is 0.333. The second kappa shape index (κ2) is 5.77. The Morgan fingerprint density at radius 2 is 2.56 bits per heavy atom. The second-order valence-electron chi connectivity index (χ2n) is 4.44. The molecule has 4 heteroatoms. The Morgan fingerprint density at radius 1 is 1.69 bits per heavy atom. The normalized spacial score (nSPS) is 24.5. The minimum atomic E-state index is 0.333. The molecule has 0 amide bonds. The fourth-order valence-corrected chi connectivity index (χ4v) is 2.69. The van der Waals surface area contributed by atoms with Crippen LogP contribution < -0.4 is 5.32 Å². The van der Waals surface area contributed by atoms with Gasteiger partial charge in [-0.05, 0) is 36.4 Å². The van der Waals surface area contributed by atoms with E-state index >= 15 is 0 Å². The van der Waals surface area contributed by atoms with Gasteiger partial charge in [-0.2, -0.15) is 11.3 Å². The zero-order valence-electron chi connectivity index (χ0n) is 9.98. The van der Waals surface area contributed by atoms with E-state index < -0.39 is 0 Å². The molecule has 0 aromatic carbocycles. The van der Waals surface area contributed by atoms with Gasteiger partial charge in [-0.15, -0.1) is 0 Å². The van der Waals surface area contributed by atoms with Gasteiger partial charge in [-0.25, -0.2) is 0 Å². The summed E-state index contributed by atoms with van der Waals surface area (Å²) in [6, 6.07) is 2.60. The molecule has 0 radical (unpaired) electrons. The van der Waals surface area contributed by atoms with Crippen LogP contribution in [0.4, 0.5) is 0 Å². The molecule has 1 aromatic rings. The van der Waals surface area contributed by atoms with Gasteiger partial charge in [0.15, 0.2) is 0 Å². The Morgan fingerprint density at radius 3 is 3.25 bits per heavy atom. The molecule has 0 bridgehead atoms. The van der Waals surface area contributed by atoms with Crippen molar-refractivity contribution in [1.29, 1.82) is 0 Å². The first-order valence-corrected chi connectivity index (χ1v) is 6.75. The van der Waals surface area contributed by atoms with Crippen LogP contribution in [0.15, 0.2) is 16.8 Å². The highest BCUT2D eigenvalue weighted by molar-refractivity contribution is 7.07. The number of thiophene rings is 1. The van der Waals surface area contributed by atoms with Crippen LogP contribution in [0.25, 0.3) is 0 Å². The number of likely N-dealkylation sites (N-methyl/N-ethyl adjacent to an activating group) is 1. The van der Waals surface area contributed by atoms with Gasteiger partial charge < -0.3 is 15.0 Å². The van der Waals surface area contributed by atoms with Gasteiger partial charge in [0.05, 0.1) is 12.7 Å². The number of hydrogen-bond donors (Lipinski definition) is 1. The van der Waals surface area contributed by atoms with Crippen LogP contribution in [0.3, 0.4) is 0 Å². The first-order chi connectivity index (χ1) is 7.75. The largest absolute Gasteiger partial charge is 0.374 e. The summed E-state index contributed by atoms with van der Waals surface area (Å²) in [6.45, 7) is 6.07. The van der Waals surface area contributed by atoms with E-state index in [2.05, 4.69) is 41.0 Å². The van der Waals surface area contributed by atoms with E-state index in [0.29, 0.717) is 12.1 Å². The third kappa shape index (κ3) is 3.28. The number of nitrogens with zero attached hydrogens (tertiary/aromatic N) is 1. The third-order valence-electron chi connectivity index (χ3n) is 3.04. The maximum Gasteiger partial charge on any atom is 0.0826 e. The fourth-order valence-electron chi connectivity index (χ4n) is 1.94. The topological polar surface area (TPSA) is 24.5 Å². The number of ether oxygens (including phenoxy) is 1. The molecule has 0 aliphatic carbocycles. The average Bonchev–Trinajstić information content (AvgIpc) is 2.79. The van der Waals surface area contributed by atoms with E-state index in [9.17, 15) is 0 Å². The van der Waals surface area contributed by atoms with Gasteiger partial charge in [0.1, 0.15) is 0 Å². The maximum atomic E-state index is 5.71. The molecule has 0 spiro atoms. The summed E-state index contributed by atoms with van der Waals surface area (Å²) in [4.78, 5) is 2.32. The van der Waals surface area contributed by atoms with E-state index in [1.54, 1.807) is 11.3 Å². The van der Waals surface area contributed by atoms with Crippen molar-refractivity contribution in [2.24, 2.45) is 0 Å². The zero-order valence-corrected chi connectivity index (χ0v) is 10.8. The molecule has 1 aromatic heterocycles. The van der Waals surface area contributed by atoms with Gasteiger partial charge in [0, 0.05) is 25.7 Å². The van der Waals surface area contributed by atoms with Crippen molar-refractivity contribution < 1.29 is 4.74 Å². The summed E-state index contributed by atoms with van der Waals surface area (Å²) < 4.78 is 5.71. The minimum Gasteiger partial charge on any atom is -0.374 e. The molecule has 2 rings (SSSR count). The van der Waals surface area contributed by atoms with Gasteiger partial charge in [0.2, 0.25) is 0 Å². The quantitative estimate of drug-likeness (QED) is 0.867. The Labute approximate surface area is 101 Å².